The summed E-state index contributed by atoms with van der Waals surface area (Å²) in [4.78, 5) is 16.7. The molecule has 1 saturated heterocycles. The van der Waals surface area contributed by atoms with Gasteiger partial charge in [-0.1, -0.05) is 41.9 Å². The van der Waals surface area contributed by atoms with Crippen molar-refractivity contribution in [2.75, 3.05) is 42.5 Å². The number of esters is 1. The maximum absolute atomic E-state index is 14.6. The second kappa shape index (κ2) is 11.5. The lowest BCUT2D eigenvalue weighted by atomic mass is 10.0. The Hall–Kier alpha value is -3.40. The molecule has 3 aromatic rings. The van der Waals surface area contributed by atoms with Crippen molar-refractivity contribution in [3.05, 3.63) is 88.2 Å². The molecule has 1 unspecified atom stereocenters. The van der Waals surface area contributed by atoms with Gasteiger partial charge in [0.1, 0.15) is 11.9 Å². The number of piperazine rings is 1. The lowest BCUT2D eigenvalue weighted by molar-refractivity contribution is -0.146. The third kappa shape index (κ3) is 5.58. The van der Waals surface area contributed by atoms with Crippen LogP contribution in [-0.2, 0) is 19.6 Å². The number of aryl methyl sites for hydroxylation is 1. The van der Waals surface area contributed by atoms with Crippen LogP contribution in [0.15, 0.2) is 65.6 Å². The molecule has 2 aliphatic heterocycles. The zero-order valence-corrected chi connectivity index (χ0v) is 25.0. The van der Waals surface area contributed by atoms with Gasteiger partial charge in [-0.2, -0.15) is 0 Å². The molecule has 0 saturated carbocycles. The minimum atomic E-state index is -3.92. The summed E-state index contributed by atoms with van der Waals surface area (Å²) >= 11 is 6.30. The number of carbonyl (C=O) groups is 1. The van der Waals surface area contributed by atoms with E-state index in [4.69, 9.17) is 16.3 Å². The van der Waals surface area contributed by atoms with Crippen LogP contribution in [0.2, 0.25) is 5.02 Å². The van der Waals surface area contributed by atoms with Crippen LogP contribution < -0.4 is 9.21 Å². The summed E-state index contributed by atoms with van der Waals surface area (Å²) in [5, 5.41) is 0.308. The van der Waals surface area contributed by atoms with Crippen molar-refractivity contribution in [2.45, 2.75) is 37.8 Å². The van der Waals surface area contributed by atoms with Crippen LogP contribution in [-0.4, -0.2) is 64.7 Å². The van der Waals surface area contributed by atoms with Gasteiger partial charge in [0.05, 0.1) is 41.0 Å². The molecular weight excluding hydrogens is 565 g/mol. The normalized spacial score (nSPS) is 18.5. The molecule has 1 fully saturated rings. The number of allylic oxidation sites excluding steroid dienone is 1. The van der Waals surface area contributed by atoms with Crippen LogP contribution in [0.4, 0.5) is 15.8 Å². The van der Waals surface area contributed by atoms with E-state index in [9.17, 15) is 17.6 Å². The van der Waals surface area contributed by atoms with Gasteiger partial charge in [0, 0.05) is 25.2 Å². The molecule has 216 valence electrons. The van der Waals surface area contributed by atoms with Crippen molar-refractivity contribution in [2.24, 2.45) is 0 Å². The first-order valence-corrected chi connectivity index (χ1v) is 15.3. The molecule has 0 amide bonds. The molecule has 0 bridgehead atoms. The number of hydrogen-bond acceptors (Lipinski definition) is 6. The van der Waals surface area contributed by atoms with Crippen LogP contribution >= 0.6 is 11.6 Å². The van der Waals surface area contributed by atoms with Gasteiger partial charge < -0.3 is 9.64 Å². The number of ether oxygens (including phenoxy) is 1. The number of fused-ring (bicyclic) bond motifs is 3. The zero-order valence-electron chi connectivity index (χ0n) is 23.5. The van der Waals surface area contributed by atoms with Crippen LogP contribution in [0.5, 0.6) is 0 Å². The number of hydrogen-bond donors (Lipinski definition) is 0. The molecule has 41 heavy (non-hydrogen) atoms. The minimum absolute atomic E-state index is 0.178. The van der Waals surface area contributed by atoms with Crippen LogP contribution in [0.1, 0.15) is 30.5 Å². The fourth-order valence-corrected chi connectivity index (χ4v) is 7.64. The van der Waals surface area contributed by atoms with E-state index >= 15 is 0 Å². The number of methoxy groups -OCH3 is 1. The van der Waals surface area contributed by atoms with Gasteiger partial charge in [-0.25, -0.2) is 12.8 Å². The molecule has 5 rings (SSSR count). The van der Waals surface area contributed by atoms with Gasteiger partial charge in [-0.05, 0) is 73.9 Å². The summed E-state index contributed by atoms with van der Waals surface area (Å²) in [6.45, 7) is 7.41. The maximum Gasteiger partial charge on any atom is 0.322 e. The number of benzene rings is 3. The van der Waals surface area contributed by atoms with E-state index in [0.717, 1.165) is 16.8 Å². The lowest BCUT2D eigenvalue weighted by Crippen LogP contribution is -2.62. The number of carbonyl (C=O) groups excluding carboxylic acids is 1. The van der Waals surface area contributed by atoms with Crippen LogP contribution in [0, 0.1) is 12.7 Å². The van der Waals surface area contributed by atoms with Gasteiger partial charge in [-0.3, -0.25) is 14.0 Å². The molecule has 0 aromatic heterocycles. The monoisotopic (exact) mass is 597 g/mol. The Morgan fingerprint density at radius 3 is 2.54 bits per heavy atom. The highest BCUT2D eigenvalue weighted by Gasteiger charge is 2.41. The lowest BCUT2D eigenvalue weighted by Gasteiger charge is -2.49. The van der Waals surface area contributed by atoms with E-state index in [1.54, 1.807) is 37.3 Å². The summed E-state index contributed by atoms with van der Waals surface area (Å²) in [5.74, 6) is -0.740. The van der Waals surface area contributed by atoms with Crippen LogP contribution in [0.25, 0.3) is 11.6 Å². The van der Waals surface area contributed by atoms with Crippen molar-refractivity contribution < 1.29 is 22.3 Å². The summed E-state index contributed by atoms with van der Waals surface area (Å²) in [7, 11) is -2.55. The molecule has 2 aliphatic rings. The van der Waals surface area contributed by atoms with Gasteiger partial charge in [0.15, 0.2) is 0 Å². The van der Waals surface area contributed by atoms with E-state index in [1.165, 1.54) is 17.5 Å². The first-order chi connectivity index (χ1) is 19.5. The van der Waals surface area contributed by atoms with Gasteiger partial charge in [0.2, 0.25) is 0 Å². The highest BCUT2D eigenvalue weighted by atomic mass is 35.5. The third-order valence-corrected chi connectivity index (χ3v) is 9.97. The number of rotatable bonds is 6. The maximum atomic E-state index is 14.6. The second-order valence-electron chi connectivity index (χ2n) is 10.6. The van der Waals surface area contributed by atoms with E-state index in [-0.39, 0.29) is 23.5 Å². The van der Waals surface area contributed by atoms with Gasteiger partial charge in [0.25, 0.3) is 10.0 Å². The van der Waals surface area contributed by atoms with E-state index in [2.05, 4.69) is 4.90 Å². The van der Waals surface area contributed by atoms with Crippen molar-refractivity contribution >= 4 is 50.6 Å². The van der Waals surface area contributed by atoms with E-state index in [0.29, 0.717) is 41.5 Å². The average molecular weight is 598 g/mol. The van der Waals surface area contributed by atoms with Crippen molar-refractivity contribution in [1.29, 1.82) is 0 Å². The van der Waals surface area contributed by atoms with Crippen molar-refractivity contribution in [1.82, 2.24) is 4.90 Å². The SMILES string of the molecule is COC(=O)C(C)N1CCN2c3ccc(/C=C(\C)c4c(F)cccc4Cl)cc3N(S(=O)(=O)c3cccc(C)c3)C[C@@H]2C1. The van der Waals surface area contributed by atoms with Crippen molar-refractivity contribution in [3.63, 3.8) is 0 Å². The predicted molar refractivity (Wildman–Crippen MR) is 161 cm³/mol. The molecule has 7 nitrogen and oxygen atoms in total. The largest absolute Gasteiger partial charge is 0.468 e. The molecule has 0 aliphatic carbocycles. The van der Waals surface area contributed by atoms with Crippen LogP contribution in [0.3, 0.4) is 0 Å². The molecular formula is C31H33ClFN3O4S. The van der Waals surface area contributed by atoms with Gasteiger partial charge in [-0.15, -0.1) is 0 Å². The molecule has 3 aromatic carbocycles. The number of halogens is 2. The van der Waals surface area contributed by atoms with E-state index < -0.39 is 21.9 Å². The predicted octanol–water partition coefficient (Wildman–Crippen LogP) is 5.61. The summed E-state index contributed by atoms with van der Waals surface area (Å²) in [6.07, 6.45) is 1.81. The Kier molecular flexibility index (Phi) is 8.14. The first-order valence-electron chi connectivity index (χ1n) is 13.5. The fourth-order valence-electron chi connectivity index (χ4n) is 5.71. The zero-order chi connectivity index (χ0) is 29.5. The summed E-state index contributed by atoms with van der Waals surface area (Å²) in [6, 6.07) is 16.5. The molecule has 0 radical (unpaired) electrons. The highest BCUT2D eigenvalue weighted by molar-refractivity contribution is 7.92. The third-order valence-electron chi connectivity index (χ3n) is 7.88. The topological polar surface area (TPSA) is 70.2 Å². The van der Waals surface area contributed by atoms with Crippen molar-refractivity contribution in [3.8, 4) is 0 Å². The first kappa shape index (κ1) is 29.1. The number of sulfonamides is 1. The quantitative estimate of drug-likeness (QED) is 0.272. The summed E-state index contributed by atoms with van der Waals surface area (Å²) < 4.78 is 49.3. The molecule has 0 spiro atoms. The Morgan fingerprint density at radius 1 is 1.07 bits per heavy atom. The molecule has 2 atom stereocenters. The Bertz CT molecular complexity index is 1610. The molecule has 2 heterocycles. The Labute approximate surface area is 245 Å². The average Bonchev–Trinajstić information content (AvgIpc) is 2.95. The highest BCUT2D eigenvalue weighted by Crippen LogP contribution is 2.41. The Morgan fingerprint density at radius 2 is 1.83 bits per heavy atom. The van der Waals surface area contributed by atoms with E-state index in [1.807, 2.05) is 49.1 Å². The number of nitrogens with zero attached hydrogens (tertiary/aromatic N) is 3. The second-order valence-corrected chi connectivity index (χ2v) is 12.8. The standard InChI is InChI=1S/C31H33ClFN3O4S/c1-20-7-5-8-25(15-20)41(38,39)36-19-24-18-34(22(3)31(37)40-4)13-14-35(24)28-12-11-23(17-29(28)36)16-21(2)30-26(32)9-6-10-27(30)33/h5-12,15-17,22,24H,13-14,18-19H2,1-4H3/b21-16+/t22?,24-/m0/s1. The molecule has 10 heteroatoms. The molecule has 0 N–H and O–H groups in total. The Balaban J connectivity index is 1.59. The number of anilines is 2. The summed E-state index contributed by atoms with van der Waals surface area (Å²) in [5.41, 5.74) is 3.85. The fraction of sp³-hybridized carbons (Fsp3) is 0.323. The minimum Gasteiger partial charge on any atom is -0.468 e. The smallest absolute Gasteiger partial charge is 0.322 e. The van der Waals surface area contributed by atoms with Gasteiger partial charge >= 0.3 is 5.97 Å².